The molecule has 0 spiro atoms. The maximum absolute atomic E-state index is 13.7. The van der Waals surface area contributed by atoms with E-state index < -0.39 is 0 Å². The standard InChI is InChI=1S/C24H23Cl2N5O4/c1-34-22-8-15(17(26)10-28-22)18-9-19(30-29-18)24(33)31-5-4-12(23(27)32)6-20(31)16-11-35-21-3-2-13(25)7-14(16)21/h2-3,7-10,12,16,20H,4-6,11H2,1H3,(H2,27,32)(H,29,30). The van der Waals surface area contributed by atoms with Crippen LogP contribution in [-0.2, 0) is 4.79 Å². The van der Waals surface area contributed by atoms with Crippen LogP contribution in [0.2, 0.25) is 10.0 Å². The van der Waals surface area contributed by atoms with Gasteiger partial charge in [-0.3, -0.25) is 14.7 Å². The molecular weight excluding hydrogens is 493 g/mol. The number of amides is 2. The number of H-pyrrole nitrogens is 1. The maximum atomic E-state index is 13.7. The van der Waals surface area contributed by atoms with Crippen LogP contribution in [0.5, 0.6) is 11.6 Å². The van der Waals surface area contributed by atoms with E-state index in [4.69, 9.17) is 38.4 Å². The van der Waals surface area contributed by atoms with E-state index >= 15 is 0 Å². The fourth-order valence-corrected chi connectivity index (χ4v) is 5.26. The summed E-state index contributed by atoms with van der Waals surface area (Å²) in [5, 5.41) is 8.12. The molecular formula is C24H23Cl2N5O4. The molecule has 3 N–H and O–H groups in total. The fraction of sp³-hybridized carbons (Fsp3) is 0.333. The molecule has 2 aromatic heterocycles. The number of hydrogen-bond donors (Lipinski definition) is 2. The first-order valence-corrected chi connectivity index (χ1v) is 11.9. The first kappa shape index (κ1) is 23.4. The number of nitrogens with zero attached hydrogens (tertiary/aromatic N) is 3. The Balaban J connectivity index is 1.46. The molecule has 0 bridgehead atoms. The predicted octanol–water partition coefficient (Wildman–Crippen LogP) is 3.67. The number of carbonyl (C=O) groups is 2. The summed E-state index contributed by atoms with van der Waals surface area (Å²) in [5.74, 6) is 0.0243. The molecule has 35 heavy (non-hydrogen) atoms. The van der Waals surface area contributed by atoms with Crippen molar-refractivity contribution in [1.82, 2.24) is 20.1 Å². The molecule has 2 aliphatic heterocycles. The van der Waals surface area contributed by atoms with Crippen LogP contribution in [0.15, 0.2) is 36.5 Å². The van der Waals surface area contributed by atoms with Crippen LogP contribution >= 0.6 is 23.2 Å². The summed E-state index contributed by atoms with van der Waals surface area (Å²) >= 11 is 12.6. The van der Waals surface area contributed by atoms with Crippen molar-refractivity contribution in [2.45, 2.75) is 24.8 Å². The number of piperidine rings is 1. The highest BCUT2D eigenvalue weighted by Crippen LogP contribution is 2.43. The van der Waals surface area contributed by atoms with Crippen molar-refractivity contribution in [3.63, 3.8) is 0 Å². The van der Waals surface area contributed by atoms with Gasteiger partial charge in [0.05, 0.1) is 30.6 Å². The summed E-state index contributed by atoms with van der Waals surface area (Å²) in [7, 11) is 1.51. The van der Waals surface area contributed by atoms with Crippen molar-refractivity contribution in [2.24, 2.45) is 11.7 Å². The summed E-state index contributed by atoms with van der Waals surface area (Å²) < 4.78 is 11.1. The molecule has 182 valence electrons. The Morgan fingerprint density at radius 1 is 1.26 bits per heavy atom. The number of aromatic amines is 1. The lowest BCUT2D eigenvalue weighted by molar-refractivity contribution is -0.123. The molecule has 0 saturated carbocycles. The minimum Gasteiger partial charge on any atom is -0.493 e. The number of aromatic nitrogens is 3. The monoisotopic (exact) mass is 515 g/mol. The number of primary amides is 1. The van der Waals surface area contributed by atoms with Crippen LogP contribution < -0.4 is 15.2 Å². The number of pyridine rings is 1. The van der Waals surface area contributed by atoms with Crippen LogP contribution in [0, 0.1) is 5.92 Å². The van der Waals surface area contributed by atoms with Gasteiger partial charge >= 0.3 is 0 Å². The van der Waals surface area contributed by atoms with Crippen LogP contribution in [0.1, 0.15) is 34.8 Å². The van der Waals surface area contributed by atoms with E-state index in [1.165, 1.54) is 13.3 Å². The van der Waals surface area contributed by atoms with Gasteiger partial charge < -0.3 is 20.1 Å². The average molecular weight is 516 g/mol. The molecule has 4 heterocycles. The van der Waals surface area contributed by atoms with Gasteiger partial charge in [0.15, 0.2) is 5.69 Å². The summed E-state index contributed by atoms with van der Waals surface area (Å²) in [6.45, 7) is 0.753. The number of rotatable bonds is 5. The van der Waals surface area contributed by atoms with Crippen molar-refractivity contribution in [1.29, 1.82) is 0 Å². The second-order valence-corrected chi connectivity index (χ2v) is 9.51. The zero-order valence-electron chi connectivity index (χ0n) is 18.8. The minimum absolute atomic E-state index is 0.146. The lowest BCUT2D eigenvalue weighted by atomic mass is 9.81. The first-order valence-electron chi connectivity index (χ1n) is 11.1. The average Bonchev–Trinajstić information content (AvgIpc) is 3.51. The van der Waals surface area contributed by atoms with Gasteiger partial charge in [0.2, 0.25) is 11.8 Å². The summed E-state index contributed by atoms with van der Waals surface area (Å²) in [6, 6.07) is 8.46. The van der Waals surface area contributed by atoms with E-state index in [9.17, 15) is 9.59 Å². The van der Waals surface area contributed by atoms with Gasteiger partial charge in [0.1, 0.15) is 5.75 Å². The molecule has 0 aliphatic carbocycles. The van der Waals surface area contributed by atoms with Crippen molar-refractivity contribution in [3.8, 4) is 22.9 Å². The number of fused-ring (bicyclic) bond motifs is 1. The molecule has 9 nitrogen and oxygen atoms in total. The number of carbonyl (C=O) groups excluding carboxylic acids is 2. The number of ether oxygens (including phenoxy) is 2. The van der Waals surface area contributed by atoms with E-state index in [2.05, 4.69) is 15.2 Å². The highest BCUT2D eigenvalue weighted by Gasteiger charge is 2.42. The molecule has 5 rings (SSSR count). The lowest BCUT2D eigenvalue weighted by Gasteiger charge is -2.41. The van der Waals surface area contributed by atoms with Crippen molar-refractivity contribution in [2.75, 3.05) is 20.3 Å². The third kappa shape index (κ3) is 4.41. The smallest absolute Gasteiger partial charge is 0.274 e. The van der Waals surface area contributed by atoms with Crippen LogP contribution in [0.25, 0.3) is 11.3 Å². The van der Waals surface area contributed by atoms with Gasteiger partial charge in [-0.15, -0.1) is 0 Å². The molecule has 1 aromatic carbocycles. The van der Waals surface area contributed by atoms with Crippen molar-refractivity contribution < 1.29 is 19.1 Å². The quantitative estimate of drug-likeness (QED) is 0.534. The third-order valence-corrected chi connectivity index (χ3v) is 7.23. The van der Waals surface area contributed by atoms with Gasteiger partial charge in [0, 0.05) is 46.6 Å². The van der Waals surface area contributed by atoms with E-state index in [1.807, 2.05) is 12.1 Å². The maximum Gasteiger partial charge on any atom is 0.274 e. The van der Waals surface area contributed by atoms with Gasteiger partial charge in [-0.05, 0) is 37.1 Å². The van der Waals surface area contributed by atoms with Crippen LogP contribution in [0.4, 0.5) is 0 Å². The third-order valence-electron chi connectivity index (χ3n) is 6.69. The normalized spacial score (nSPS) is 21.3. The number of hydrogen-bond acceptors (Lipinski definition) is 6. The highest BCUT2D eigenvalue weighted by molar-refractivity contribution is 6.33. The van der Waals surface area contributed by atoms with Gasteiger partial charge in [0.25, 0.3) is 5.91 Å². The van der Waals surface area contributed by atoms with Crippen LogP contribution in [0.3, 0.4) is 0 Å². The highest BCUT2D eigenvalue weighted by atomic mass is 35.5. The second kappa shape index (κ2) is 9.39. The Hall–Kier alpha value is -3.30. The Bertz CT molecular complexity index is 1300. The Morgan fingerprint density at radius 2 is 2.09 bits per heavy atom. The molecule has 0 radical (unpaired) electrons. The van der Waals surface area contributed by atoms with Gasteiger partial charge in [-0.2, -0.15) is 5.10 Å². The zero-order chi connectivity index (χ0) is 24.7. The van der Waals surface area contributed by atoms with Crippen LogP contribution in [-0.4, -0.2) is 58.2 Å². The molecule has 3 aromatic rings. The van der Waals surface area contributed by atoms with Crippen molar-refractivity contribution in [3.05, 3.63) is 57.8 Å². The number of methoxy groups -OCH3 is 1. The van der Waals surface area contributed by atoms with Crippen molar-refractivity contribution >= 4 is 35.0 Å². The lowest BCUT2D eigenvalue weighted by Crippen LogP contribution is -2.51. The molecule has 2 amide bonds. The van der Waals surface area contributed by atoms with Gasteiger partial charge in [-0.1, -0.05) is 23.2 Å². The number of nitrogens with two attached hydrogens (primary N) is 1. The van der Waals surface area contributed by atoms with E-state index in [0.29, 0.717) is 53.2 Å². The van der Waals surface area contributed by atoms with E-state index in [-0.39, 0.29) is 35.4 Å². The molecule has 3 atom stereocenters. The second-order valence-electron chi connectivity index (χ2n) is 8.66. The van der Waals surface area contributed by atoms with Gasteiger partial charge in [-0.25, -0.2) is 4.98 Å². The SMILES string of the molecule is COc1cc(-c2cc(C(=O)N3CCC(C(N)=O)CC3C3COc4ccc(Cl)cc43)n[nH]2)c(Cl)cn1. The summed E-state index contributed by atoms with van der Waals surface area (Å²) in [5.41, 5.74) is 7.97. The first-order chi connectivity index (χ1) is 16.9. The summed E-state index contributed by atoms with van der Waals surface area (Å²) in [4.78, 5) is 31.5. The molecule has 1 fully saturated rings. The predicted molar refractivity (Wildman–Crippen MR) is 130 cm³/mol. The Kier molecular flexibility index (Phi) is 6.29. The van der Waals surface area contributed by atoms with E-state index in [1.54, 1.807) is 23.1 Å². The molecule has 2 aliphatic rings. The number of halogens is 2. The minimum atomic E-state index is -0.365. The molecule has 3 unspecified atom stereocenters. The topological polar surface area (TPSA) is 123 Å². The number of likely N-dealkylation sites (tertiary alicyclic amines) is 1. The summed E-state index contributed by atoms with van der Waals surface area (Å²) in [6.07, 6.45) is 2.40. The fourth-order valence-electron chi connectivity index (χ4n) is 4.87. The largest absolute Gasteiger partial charge is 0.493 e. The molecule has 1 saturated heterocycles. The van der Waals surface area contributed by atoms with E-state index in [0.717, 1.165) is 11.3 Å². The Morgan fingerprint density at radius 3 is 2.86 bits per heavy atom. The number of benzene rings is 1. The Labute approximate surface area is 211 Å². The zero-order valence-corrected chi connectivity index (χ0v) is 20.3. The molecule has 11 heteroatoms. The number of nitrogens with one attached hydrogen (secondary N) is 1.